The zero-order valence-electron chi connectivity index (χ0n) is 19.2. The van der Waals surface area contributed by atoms with E-state index < -0.39 is 0 Å². The minimum absolute atomic E-state index is 0.886. The molecule has 0 fully saturated rings. The molecule has 8 aromatic rings. The van der Waals surface area contributed by atoms with Crippen molar-refractivity contribution in [2.24, 2.45) is 7.05 Å². The van der Waals surface area contributed by atoms with Crippen LogP contribution in [0.3, 0.4) is 0 Å². The lowest BCUT2D eigenvalue weighted by atomic mass is 10.1. The molecule has 7 aromatic heterocycles. The monoisotopic (exact) mass is 518 g/mol. The molecule has 0 saturated heterocycles. The van der Waals surface area contributed by atoms with Crippen LogP contribution in [-0.2, 0) is 7.05 Å². The number of rotatable bonds is 3. The van der Waals surface area contributed by atoms with E-state index in [-0.39, 0.29) is 0 Å². The molecule has 0 aliphatic heterocycles. The SMILES string of the molecule is Cn1ccc(-c2csc3cc4c5ccccc5n(-c5cccc(-c6csc7sccc67)n5)c4nc23)c1. The van der Waals surface area contributed by atoms with Gasteiger partial charge in [0.25, 0.3) is 0 Å². The van der Waals surface area contributed by atoms with Crippen molar-refractivity contribution >= 4 is 75.6 Å². The molecule has 8 rings (SSSR count). The summed E-state index contributed by atoms with van der Waals surface area (Å²) in [5.41, 5.74) is 7.65. The molecule has 1 aromatic carbocycles. The summed E-state index contributed by atoms with van der Waals surface area (Å²) >= 11 is 5.33. The van der Waals surface area contributed by atoms with Gasteiger partial charge in [-0.1, -0.05) is 24.3 Å². The van der Waals surface area contributed by atoms with Crippen molar-refractivity contribution < 1.29 is 0 Å². The average Bonchev–Trinajstić information content (AvgIpc) is 3.70. The van der Waals surface area contributed by atoms with Crippen molar-refractivity contribution in [3.63, 3.8) is 0 Å². The minimum Gasteiger partial charge on any atom is -0.357 e. The maximum Gasteiger partial charge on any atom is 0.147 e. The Kier molecular flexibility index (Phi) is 4.31. The summed E-state index contributed by atoms with van der Waals surface area (Å²) in [5, 5.41) is 10.2. The lowest BCUT2D eigenvalue weighted by molar-refractivity contribution is 0.929. The molecule has 172 valence electrons. The molecular formula is C29H18N4S3. The zero-order valence-corrected chi connectivity index (χ0v) is 21.6. The first-order valence-corrected chi connectivity index (χ1v) is 14.2. The Morgan fingerprint density at radius 3 is 2.61 bits per heavy atom. The highest BCUT2D eigenvalue weighted by Gasteiger charge is 2.19. The molecule has 0 spiro atoms. The van der Waals surface area contributed by atoms with E-state index in [1.54, 1.807) is 34.0 Å². The summed E-state index contributed by atoms with van der Waals surface area (Å²) in [6, 6.07) is 21.5. The number of para-hydroxylation sites is 1. The van der Waals surface area contributed by atoms with E-state index in [9.17, 15) is 0 Å². The maximum atomic E-state index is 5.30. The standard InChI is InChI=1S/C29H18N4S3/c1-32-11-9-17(14-32)21-15-35-25-13-20-18-5-2-3-7-24(18)33(28(20)31-27(21)25)26-8-4-6-23(30-26)22-16-36-29-19(22)10-12-34-29/h2-16H,1H3. The Morgan fingerprint density at radius 1 is 0.778 bits per heavy atom. The highest BCUT2D eigenvalue weighted by Crippen LogP contribution is 2.40. The summed E-state index contributed by atoms with van der Waals surface area (Å²) in [4.78, 5) is 10.5. The van der Waals surface area contributed by atoms with Crippen LogP contribution in [0, 0.1) is 0 Å². The number of aryl methyl sites for hydroxylation is 1. The summed E-state index contributed by atoms with van der Waals surface area (Å²) in [6.45, 7) is 0. The number of thiophene rings is 3. The van der Waals surface area contributed by atoms with Crippen LogP contribution in [-0.4, -0.2) is 19.1 Å². The zero-order chi connectivity index (χ0) is 23.8. The molecule has 0 bridgehead atoms. The third-order valence-electron chi connectivity index (χ3n) is 6.76. The van der Waals surface area contributed by atoms with Gasteiger partial charge in [0, 0.05) is 63.1 Å². The lowest BCUT2D eigenvalue weighted by Gasteiger charge is -2.08. The fourth-order valence-corrected chi connectivity index (χ4v) is 7.97. The van der Waals surface area contributed by atoms with Gasteiger partial charge in [-0.05, 0) is 41.8 Å². The first-order chi connectivity index (χ1) is 17.7. The van der Waals surface area contributed by atoms with Crippen LogP contribution in [0.2, 0.25) is 0 Å². The van der Waals surface area contributed by atoms with Crippen molar-refractivity contribution in [2.75, 3.05) is 0 Å². The minimum atomic E-state index is 0.886. The number of benzene rings is 1. The first-order valence-electron chi connectivity index (χ1n) is 11.6. The molecule has 0 radical (unpaired) electrons. The molecule has 7 heteroatoms. The van der Waals surface area contributed by atoms with Gasteiger partial charge < -0.3 is 4.57 Å². The van der Waals surface area contributed by atoms with E-state index in [2.05, 4.69) is 105 Å². The third-order valence-corrected chi connectivity index (χ3v) is 9.75. The second-order valence-electron chi connectivity index (χ2n) is 8.93. The van der Waals surface area contributed by atoms with Crippen LogP contribution in [0.1, 0.15) is 0 Å². The highest BCUT2D eigenvalue weighted by molar-refractivity contribution is 7.37. The van der Waals surface area contributed by atoms with Crippen molar-refractivity contribution in [2.45, 2.75) is 0 Å². The number of pyridine rings is 2. The van der Waals surface area contributed by atoms with E-state index in [1.165, 1.54) is 36.2 Å². The normalized spacial score (nSPS) is 12.0. The van der Waals surface area contributed by atoms with Crippen molar-refractivity contribution in [3.8, 4) is 28.2 Å². The van der Waals surface area contributed by atoms with Crippen LogP contribution < -0.4 is 0 Å². The number of aromatic nitrogens is 4. The van der Waals surface area contributed by atoms with E-state index in [0.717, 1.165) is 33.6 Å². The van der Waals surface area contributed by atoms with Crippen LogP contribution in [0.15, 0.2) is 89.2 Å². The van der Waals surface area contributed by atoms with Gasteiger partial charge in [-0.25, -0.2) is 9.97 Å². The second-order valence-corrected chi connectivity index (χ2v) is 11.9. The molecule has 36 heavy (non-hydrogen) atoms. The Labute approximate surface area is 218 Å². The van der Waals surface area contributed by atoms with Gasteiger partial charge in [-0.3, -0.25) is 4.57 Å². The van der Waals surface area contributed by atoms with Gasteiger partial charge in [-0.15, -0.1) is 34.0 Å². The lowest BCUT2D eigenvalue weighted by Crippen LogP contribution is -1.99. The number of hydrogen-bond donors (Lipinski definition) is 0. The predicted molar refractivity (Wildman–Crippen MR) is 155 cm³/mol. The van der Waals surface area contributed by atoms with Gasteiger partial charge in [0.2, 0.25) is 0 Å². The van der Waals surface area contributed by atoms with Crippen molar-refractivity contribution in [3.05, 3.63) is 89.2 Å². The molecule has 0 aliphatic rings. The quantitative estimate of drug-likeness (QED) is 0.234. The van der Waals surface area contributed by atoms with Gasteiger partial charge in [0.15, 0.2) is 0 Å². The summed E-state index contributed by atoms with van der Waals surface area (Å²) in [6.07, 6.45) is 4.23. The van der Waals surface area contributed by atoms with Gasteiger partial charge in [0.05, 0.1) is 25.4 Å². The predicted octanol–water partition coefficient (Wildman–Crippen LogP) is 8.74. The number of nitrogens with zero attached hydrogens (tertiary/aromatic N) is 4. The fraction of sp³-hybridized carbons (Fsp3) is 0.0345. The van der Waals surface area contributed by atoms with Crippen molar-refractivity contribution in [1.82, 2.24) is 19.1 Å². The molecule has 4 nitrogen and oxygen atoms in total. The Hall–Kier alpha value is -3.78. The van der Waals surface area contributed by atoms with Crippen LogP contribution in [0.4, 0.5) is 0 Å². The second kappa shape index (κ2) is 7.61. The molecule has 0 unspecified atom stereocenters. The summed E-state index contributed by atoms with van der Waals surface area (Å²) < 4.78 is 6.84. The van der Waals surface area contributed by atoms with Crippen LogP contribution in [0.25, 0.3) is 69.8 Å². The third kappa shape index (κ3) is 2.91. The summed E-state index contributed by atoms with van der Waals surface area (Å²) in [7, 11) is 2.05. The van der Waals surface area contributed by atoms with Gasteiger partial charge in [0.1, 0.15) is 11.5 Å². The number of fused-ring (bicyclic) bond motifs is 5. The van der Waals surface area contributed by atoms with E-state index in [0.29, 0.717) is 0 Å². The smallest absolute Gasteiger partial charge is 0.147 e. The Bertz CT molecular complexity index is 2080. The number of hydrogen-bond acceptors (Lipinski definition) is 5. The molecule has 0 atom stereocenters. The molecule has 0 amide bonds. The van der Waals surface area contributed by atoms with Crippen LogP contribution >= 0.6 is 34.0 Å². The fourth-order valence-electron chi connectivity index (χ4n) is 5.08. The molecular weight excluding hydrogens is 501 g/mol. The molecule has 0 N–H and O–H groups in total. The van der Waals surface area contributed by atoms with Crippen molar-refractivity contribution in [1.29, 1.82) is 0 Å². The topological polar surface area (TPSA) is 35.6 Å². The molecule has 7 heterocycles. The first kappa shape index (κ1) is 20.4. The van der Waals surface area contributed by atoms with Gasteiger partial charge >= 0.3 is 0 Å². The Balaban J connectivity index is 1.42. The highest BCUT2D eigenvalue weighted by atomic mass is 32.2. The largest absolute Gasteiger partial charge is 0.357 e. The van der Waals surface area contributed by atoms with E-state index >= 15 is 0 Å². The van der Waals surface area contributed by atoms with E-state index in [4.69, 9.17) is 9.97 Å². The maximum absolute atomic E-state index is 5.30. The van der Waals surface area contributed by atoms with Crippen LogP contribution in [0.5, 0.6) is 0 Å². The van der Waals surface area contributed by atoms with E-state index in [1.807, 2.05) is 0 Å². The Morgan fingerprint density at radius 2 is 1.69 bits per heavy atom. The van der Waals surface area contributed by atoms with Gasteiger partial charge in [-0.2, -0.15) is 0 Å². The molecule has 0 saturated carbocycles. The average molecular weight is 519 g/mol. The summed E-state index contributed by atoms with van der Waals surface area (Å²) in [5.74, 6) is 0.886. The molecule has 0 aliphatic carbocycles.